The summed E-state index contributed by atoms with van der Waals surface area (Å²) in [6.07, 6.45) is 0. The van der Waals surface area contributed by atoms with Crippen molar-refractivity contribution in [3.05, 3.63) is 0 Å². The number of rotatable bonds is 4. The maximum atomic E-state index is 11.1. The van der Waals surface area contributed by atoms with Gasteiger partial charge >= 0.3 is 0 Å². The topological polar surface area (TPSA) is 68.3 Å². The number of hydrogen-bond acceptors (Lipinski definition) is 4. The fraction of sp³-hybridized carbons (Fsp3) is 0.556. The van der Waals surface area contributed by atoms with Crippen LogP contribution in [-0.2, 0) is 60.0 Å². The van der Waals surface area contributed by atoms with Gasteiger partial charge in [0.1, 0.15) is 0 Å². The predicted molar refractivity (Wildman–Crippen MR) is 45.2 cm³/mol. The van der Waals surface area contributed by atoms with Crippen LogP contribution >= 0.6 is 0 Å². The molecule has 92 valence electrons. The molecule has 6 heteroatoms. The van der Waals surface area contributed by atoms with Crippen LogP contribution in [-0.4, -0.2) is 23.1 Å². The molecule has 0 radical (unpaired) electrons. The molecular formula is C9H12O4Pd2. The molecule has 0 aromatic rings. The molecule has 0 aliphatic rings. The molecule has 0 aliphatic carbocycles. The van der Waals surface area contributed by atoms with Crippen molar-refractivity contribution < 1.29 is 60.0 Å². The van der Waals surface area contributed by atoms with Crippen molar-refractivity contribution in [2.75, 3.05) is 0 Å². The molecule has 0 saturated carbocycles. The van der Waals surface area contributed by atoms with Crippen LogP contribution in [0.1, 0.15) is 27.7 Å². The second kappa shape index (κ2) is 7.31. The van der Waals surface area contributed by atoms with E-state index in [4.69, 9.17) is 0 Å². The van der Waals surface area contributed by atoms with E-state index in [2.05, 4.69) is 0 Å². The average Bonchev–Trinajstić information content (AvgIpc) is 1.82. The number of Topliss-reactive ketones (excluding diaryl/α,β-unsaturated/α-hetero) is 4. The third kappa shape index (κ3) is 3.50. The van der Waals surface area contributed by atoms with Crippen LogP contribution in [0.25, 0.3) is 0 Å². The fourth-order valence-electron chi connectivity index (χ4n) is 1.49. The Morgan fingerprint density at radius 2 is 0.733 bits per heavy atom. The molecule has 0 amide bonds. The average molecular weight is 397 g/mol. The Morgan fingerprint density at radius 3 is 0.733 bits per heavy atom. The largest absolute Gasteiger partial charge is 0.298 e. The third-order valence-electron chi connectivity index (χ3n) is 2.11. The molecule has 0 bridgehead atoms. The van der Waals surface area contributed by atoms with Crippen molar-refractivity contribution in [1.29, 1.82) is 0 Å². The van der Waals surface area contributed by atoms with E-state index in [-0.39, 0.29) is 40.8 Å². The van der Waals surface area contributed by atoms with Crippen molar-refractivity contribution in [3.63, 3.8) is 0 Å². The van der Waals surface area contributed by atoms with Gasteiger partial charge in [-0.1, -0.05) is 0 Å². The maximum absolute atomic E-state index is 11.1. The molecule has 0 atom stereocenters. The van der Waals surface area contributed by atoms with Crippen LogP contribution in [0.4, 0.5) is 0 Å². The van der Waals surface area contributed by atoms with Crippen LogP contribution in [0.3, 0.4) is 0 Å². The Hall–Kier alpha value is 0.00468. The zero-order valence-corrected chi connectivity index (χ0v) is 11.9. The molecule has 0 aromatic heterocycles. The molecule has 15 heavy (non-hydrogen) atoms. The van der Waals surface area contributed by atoms with E-state index in [1.54, 1.807) is 0 Å². The summed E-state index contributed by atoms with van der Waals surface area (Å²) >= 11 is 0. The summed E-state index contributed by atoms with van der Waals surface area (Å²) in [7, 11) is 0. The first-order valence-electron chi connectivity index (χ1n) is 3.82. The van der Waals surface area contributed by atoms with E-state index >= 15 is 0 Å². The minimum Gasteiger partial charge on any atom is -0.298 e. The van der Waals surface area contributed by atoms with E-state index in [1.165, 1.54) is 0 Å². The van der Waals surface area contributed by atoms with Crippen LogP contribution in [0.15, 0.2) is 0 Å². The molecule has 0 heterocycles. The quantitative estimate of drug-likeness (QED) is 0.507. The molecule has 4 nitrogen and oxygen atoms in total. The van der Waals surface area contributed by atoms with Crippen LogP contribution in [0.2, 0.25) is 0 Å². The van der Waals surface area contributed by atoms with Gasteiger partial charge in [0.15, 0.2) is 23.1 Å². The summed E-state index contributed by atoms with van der Waals surface area (Å²) in [5.74, 6) is -2.83. The normalized spacial score (nSPS) is 9.33. The first-order chi connectivity index (χ1) is 5.77. The Balaban J connectivity index is -0.000000720. The molecule has 0 unspecified atom stereocenters. The summed E-state index contributed by atoms with van der Waals surface area (Å²) in [5, 5.41) is 0. The molecule has 0 N–H and O–H groups in total. The van der Waals surface area contributed by atoms with E-state index in [9.17, 15) is 19.2 Å². The smallest absolute Gasteiger partial charge is 0.202 e. The number of hydrogen-bond donors (Lipinski definition) is 0. The number of carbonyl (C=O) groups excluding carboxylic acids is 4. The molecular weight excluding hydrogens is 385 g/mol. The Morgan fingerprint density at radius 1 is 0.600 bits per heavy atom. The Bertz CT molecular complexity index is 235. The molecule has 0 aromatic carbocycles. The van der Waals surface area contributed by atoms with Crippen molar-refractivity contribution >= 4 is 23.1 Å². The van der Waals surface area contributed by atoms with Crippen LogP contribution in [0, 0.1) is 5.41 Å². The zero-order valence-electron chi connectivity index (χ0n) is 8.77. The summed E-state index contributed by atoms with van der Waals surface area (Å²) in [6, 6.07) is 0. The summed E-state index contributed by atoms with van der Waals surface area (Å²) < 4.78 is 0. The molecule has 0 spiro atoms. The predicted octanol–water partition coefficient (Wildman–Crippen LogP) is 0.324. The Kier molecular flexibility index (Phi) is 9.95. The monoisotopic (exact) mass is 396 g/mol. The zero-order chi connectivity index (χ0) is 10.8. The van der Waals surface area contributed by atoms with Crippen LogP contribution < -0.4 is 0 Å². The van der Waals surface area contributed by atoms with Gasteiger partial charge in [-0.25, -0.2) is 0 Å². The second-order valence-corrected chi connectivity index (χ2v) is 2.97. The molecule has 0 rings (SSSR count). The second-order valence-electron chi connectivity index (χ2n) is 2.97. The van der Waals surface area contributed by atoms with Crippen molar-refractivity contribution in [2.45, 2.75) is 27.7 Å². The van der Waals surface area contributed by atoms with Gasteiger partial charge < -0.3 is 0 Å². The van der Waals surface area contributed by atoms with Crippen molar-refractivity contribution in [2.24, 2.45) is 5.41 Å². The van der Waals surface area contributed by atoms with Crippen molar-refractivity contribution in [3.8, 4) is 0 Å². The number of carbonyl (C=O) groups is 4. The van der Waals surface area contributed by atoms with E-state index in [1.807, 2.05) is 0 Å². The van der Waals surface area contributed by atoms with Gasteiger partial charge in [0.25, 0.3) is 0 Å². The minimum atomic E-state index is -2.06. The van der Waals surface area contributed by atoms with E-state index in [0.717, 1.165) is 27.7 Å². The third-order valence-corrected chi connectivity index (χ3v) is 2.11. The van der Waals surface area contributed by atoms with Gasteiger partial charge in [0, 0.05) is 40.8 Å². The van der Waals surface area contributed by atoms with Gasteiger partial charge in [-0.3, -0.25) is 19.2 Å². The SMILES string of the molecule is CC(=O)C(C(C)=O)(C(C)=O)C(C)=O.[Pd].[Pd]. The maximum Gasteiger partial charge on any atom is 0.202 e. The number of ketones is 4. The van der Waals surface area contributed by atoms with E-state index in [0.29, 0.717) is 0 Å². The summed E-state index contributed by atoms with van der Waals surface area (Å²) in [6.45, 7) is 4.29. The van der Waals surface area contributed by atoms with Crippen molar-refractivity contribution in [1.82, 2.24) is 0 Å². The summed E-state index contributed by atoms with van der Waals surface area (Å²) in [4.78, 5) is 44.5. The fourth-order valence-corrected chi connectivity index (χ4v) is 1.49. The van der Waals surface area contributed by atoms with Gasteiger partial charge in [0.05, 0.1) is 0 Å². The molecule has 0 aliphatic heterocycles. The van der Waals surface area contributed by atoms with Gasteiger partial charge in [0.2, 0.25) is 5.41 Å². The van der Waals surface area contributed by atoms with E-state index < -0.39 is 28.5 Å². The first-order valence-corrected chi connectivity index (χ1v) is 3.82. The molecule has 0 saturated heterocycles. The van der Waals surface area contributed by atoms with Gasteiger partial charge in [-0.2, -0.15) is 0 Å². The van der Waals surface area contributed by atoms with Gasteiger partial charge in [-0.05, 0) is 27.7 Å². The standard InChI is InChI=1S/C9H12O4.2Pd/c1-5(10)9(6(2)11,7(3)12)8(4)13;;/h1-4H3;;. The first kappa shape index (κ1) is 20.4. The summed E-state index contributed by atoms with van der Waals surface area (Å²) in [5.41, 5.74) is -2.06. The molecule has 0 fully saturated rings. The minimum absolute atomic E-state index is 0. The Labute approximate surface area is 116 Å². The van der Waals surface area contributed by atoms with Crippen LogP contribution in [0.5, 0.6) is 0 Å². The van der Waals surface area contributed by atoms with Gasteiger partial charge in [-0.15, -0.1) is 0 Å².